The highest BCUT2D eigenvalue weighted by atomic mass is 32.2. The molecule has 1 atom stereocenters. The molecule has 2 N–H and O–H groups in total. The molecule has 0 aliphatic carbocycles. The van der Waals surface area contributed by atoms with E-state index in [2.05, 4.69) is 0 Å². The van der Waals surface area contributed by atoms with Crippen LogP contribution in [0.15, 0.2) is 59.5 Å². The number of hydrogen-bond donors (Lipinski definition) is 2. The predicted octanol–water partition coefficient (Wildman–Crippen LogP) is 3.28. The van der Waals surface area contributed by atoms with Crippen LogP contribution < -0.4 is 0 Å². The van der Waals surface area contributed by atoms with Crippen LogP contribution in [-0.4, -0.2) is 43.3 Å². The zero-order chi connectivity index (χ0) is 20.3. The van der Waals surface area contributed by atoms with Crippen LogP contribution in [0.5, 0.6) is 0 Å². The van der Waals surface area contributed by atoms with Crippen molar-refractivity contribution in [2.75, 3.05) is 0 Å². The maximum atomic E-state index is 12.8. The van der Waals surface area contributed by atoms with Crippen molar-refractivity contribution in [1.29, 1.82) is 0 Å². The van der Waals surface area contributed by atoms with Crippen molar-refractivity contribution >= 4 is 52.2 Å². The average Bonchev–Trinajstić information content (AvgIpc) is 2.94. The third kappa shape index (κ3) is 4.29. The highest BCUT2D eigenvalue weighted by Crippen LogP contribution is 2.34. The Morgan fingerprint density at radius 2 is 1.71 bits per heavy atom. The lowest BCUT2D eigenvalue weighted by Gasteiger charge is -2.23. The highest BCUT2D eigenvalue weighted by Gasteiger charge is 2.40. The van der Waals surface area contributed by atoms with Crippen LogP contribution >= 0.6 is 24.0 Å². The Morgan fingerprint density at radius 1 is 1.07 bits per heavy atom. The normalized spacial score (nSPS) is 16.4. The van der Waals surface area contributed by atoms with Crippen LogP contribution in [-0.2, 0) is 16.0 Å². The summed E-state index contributed by atoms with van der Waals surface area (Å²) < 4.78 is 0.182. The molecule has 3 rings (SSSR count). The number of benzene rings is 2. The largest absolute Gasteiger partial charge is 0.480 e. The number of hydrogen-bond acceptors (Lipinski definition) is 5. The summed E-state index contributed by atoms with van der Waals surface area (Å²) in [4.78, 5) is 37.0. The molecule has 1 heterocycles. The van der Waals surface area contributed by atoms with Gasteiger partial charge in [-0.15, -0.1) is 0 Å². The van der Waals surface area contributed by atoms with E-state index in [1.807, 2.05) is 6.07 Å². The van der Waals surface area contributed by atoms with Crippen LogP contribution in [0.3, 0.4) is 0 Å². The van der Waals surface area contributed by atoms with Gasteiger partial charge in [-0.3, -0.25) is 9.69 Å². The van der Waals surface area contributed by atoms with E-state index in [9.17, 15) is 19.5 Å². The number of thiocarbonyl (C=S) groups is 1. The fraction of sp³-hybridized carbons (Fsp3) is 0.100. The first-order chi connectivity index (χ1) is 13.4. The molecule has 28 heavy (non-hydrogen) atoms. The van der Waals surface area contributed by atoms with Gasteiger partial charge in [-0.1, -0.05) is 66.4 Å². The number of rotatable bonds is 6. The van der Waals surface area contributed by atoms with Crippen LogP contribution in [0, 0.1) is 0 Å². The van der Waals surface area contributed by atoms with Crippen LogP contribution in [0.25, 0.3) is 6.08 Å². The molecule has 8 heteroatoms. The second-order valence-corrected chi connectivity index (χ2v) is 7.70. The SMILES string of the molecule is O=C(O)c1ccc(/C=C2/SC(=S)N([C@H](Cc3ccccc3)C(=O)O)C2=O)cc1. The first-order valence-electron chi connectivity index (χ1n) is 8.24. The molecule has 0 unspecified atom stereocenters. The summed E-state index contributed by atoms with van der Waals surface area (Å²) in [6.07, 6.45) is 1.72. The van der Waals surface area contributed by atoms with Crippen LogP contribution in [0.4, 0.5) is 0 Å². The lowest BCUT2D eigenvalue weighted by molar-refractivity contribution is -0.145. The van der Waals surface area contributed by atoms with Crippen LogP contribution in [0.1, 0.15) is 21.5 Å². The molecule has 1 aliphatic heterocycles. The topological polar surface area (TPSA) is 94.9 Å². The standard InChI is InChI=1S/C20H15NO5S2/c22-17-16(11-13-6-8-14(9-7-13)18(23)24)28-20(27)21(17)15(19(25)26)10-12-4-2-1-3-5-12/h1-9,11,15H,10H2,(H,23,24)(H,25,26)/b16-11+/t15-/m1/s1. The van der Waals surface area contributed by atoms with Crippen molar-refractivity contribution in [1.82, 2.24) is 4.90 Å². The van der Waals surface area contributed by atoms with Gasteiger partial charge < -0.3 is 10.2 Å². The Bertz CT molecular complexity index is 970. The summed E-state index contributed by atoms with van der Waals surface area (Å²) in [6.45, 7) is 0. The smallest absolute Gasteiger partial charge is 0.335 e. The van der Waals surface area contributed by atoms with Gasteiger partial charge in [0.2, 0.25) is 0 Å². The Hall–Kier alpha value is -2.97. The van der Waals surface area contributed by atoms with Gasteiger partial charge in [0, 0.05) is 6.42 Å². The van der Waals surface area contributed by atoms with Crippen molar-refractivity contribution < 1.29 is 24.6 Å². The molecule has 0 bridgehead atoms. The maximum Gasteiger partial charge on any atom is 0.335 e. The van der Waals surface area contributed by atoms with Crippen molar-refractivity contribution in [2.45, 2.75) is 12.5 Å². The summed E-state index contributed by atoms with van der Waals surface area (Å²) in [5, 5.41) is 18.6. The molecule has 0 aromatic heterocycles. The summed E-state index contributed by atoms with van der Waals surface area (Å²) >= 11 is 6.30. The van der Waals surface area contributed by atoms with E-state index < -0.39 is 23.9 Å². The maximum absolute atomic E-state index is 12.8. The van der Waals surface area contributed by atoms with Gasteiger partial charge in [0.05, 0.1) is 10.5 Å². The number of aromatic carboxylic acids is 1. The van der Waals surface area contributed by atoms with Crippen molar-refractivity contribution in [3.05, 3.63) is 76.2 Å². The number of nitrogens with zero attached hydrogens (tertiary/aromatic N) is 1. The zero-order valence-corrected chi connectivity index (χ0v) is 16.1. The third-order valence-corrected chi connectivity index (χ3v) is 5.48. The number of aliphatic carboxylic acids is 1. The second kappa shape index (κ2) is 8.37. The van der Waals surface area contributed by atoms with E-state index in [1.54, 1.807) is 42.5 Å². The van der Waals surface area contributed by atoms with Gasteiger partial charge in [0.25, 0.3) is 5.91 Å². The fourth-order valence-electron chi connectivity index (χ4n) is 2.75. The molecular formula is C20H15NO5S2. The van der Waals surface area contributed by atoms with Gasteiger partial charge in [0.1, 0.15) is 10.4 Å². The van der Waals surface area contributed by atoms with E-state index in [1.165, 1.54) is 12.1 Å². The lowest BCUT2D eigenvalue weighted by atomic mass is 10.0. The highest BCUT2D eigenvalue weighted by molar-refractivity contribution is 8.26. The molecule has 6 nitrogen and oxygen atoms in total. The Labute approximate surface area is 170 Å². The number of carboxylic acids is 2. The molecule has 1 saturated heterocycles. The monoisotopic (exact) mass is 413 g/mol. The van der Waals surface area contributed by atoms with E-state index in [-0.39, 0.29) is 16.3 Å². The Balaban J connectivity index is 1.85. The zero-order valence-electron chi connectivity index (χ0n) is 14.4. The van der Waals surface area contributed by atoms with E-state index in [4.69, 9.17) is 17.3 Å². The quantitative estimate of drug-likeness (QED) is 0.554. The van der Waals surface area contributed by atoms with Crippen molar-refractivity contribution in [3.63, 3.8) is 0 Å². The molecule has 2 aromatic rings. The van der Waals surface area contributed by atoms with Crippen molar-refractivity contribution in [3.8, 4) is 0 Å². The Morgan fingerprint density at radius 3 is 2.29 bits per heavy atom. The molecular weight excluding hydrogens is 398 g/mol. The molecule has 1 amide bonds. The first-order valence-corrected chi connectivity index (χ1v) is 9.46. The van der Waals surface area contributed by atoms with Gasteiger partial charge in [0.15, 0.2) is 0 Å². The van der Waals surface area contributed by atoms with E-state index >= 15 is 0 Å². The van der Waals surface area contributed by atoms with Gasteiger partial charge in [-0.25, -0.2) is 9.59 Å². The molecule has 0 saturated carbocycles. The molecule has 1 fully saturated rings. The minimum absolute atomic E-state index is 0.138. The summed E-state index contributed by atoms with van der Waals surface area (Å²) in [7, 11) is 0. The van der Waals surface area contributed by atoms with Gasteiger partial charge in [-0.05, 0) is 29.3 Å². The van der Waals surface area contributed by atoms with Crippen LogP contribution in [0.2, 0.25) is 0 Å². The lowest BCUT2D eigenvalue weighted by Crippen LogP contribution is -2.45. The van der Waals surface area contributed by atoms with E-state index in [0.29, 0.717) is 10.5 Å². The minimum Gasteiger partial charge on any atom is -0.480 e. The summed E-state index contributed by atoms with van der Waals surface area (Å²) in [5.41, 5.74) is 1.55. The molecule has 0 spiro atoms. The van der Waals surface area contributed by atoms with Gasteiger partial charge in [-0.2, -0.15) is 0 Å². The number of thioether (sulfide) groups is 1. The number of amides is 1. The van der Waals surface area contributed by atoms with Crippen molar-refractivity contribution in [2.24, 2.45) is 0 Å². The third-order valence-electron chi connectivity index (χ3n) is 4.15. The van der Waals surface area contributed by atoms with E-state index in [0.717, 1.165) is 22.2 Å². The molecule has 1 aliphatic rings. The summed E-state index contributed by atoms with van der Waals surface area (Å²) in [5.74, 6) is -2.64. The second-order valence-electron chi connectivity index (χ2n) is 6.02. The predicted molar refractivity (Wildman–Crippen MR) is 110 cm³/mol. The summed E-state index contributed by atoms with van der Waals surface area (Å²) in [6, 6.07) is 14.0. The molecule has 2 aromatic carbocycles. The fourth-order valence-corrected chi connectivity index (χ4v) is 4.10. The average molecular weight is 413 g/mol. The van der Waals surface area contributed by atoms with Gasteiger partial charge >= 0.3 is 11.9 Å². The Kier molecular flexibility index (Phi) is 5.91. The minimum atomic E-state index is -1.13. The number of carboxylic acid groups (broad SMARTS) is 2. The molecule has 0 radical (unpaired) electrons. The molecule has 142 valence electrons. The first kappa shape index (κ1) is 19.8. The number of carbonyl (C=O) groups excluding carboxylic acids is 1. The number of carbonyl (C=O) groups is 3.